The van der Waals surface area contributed by atoms with Gasteiger partial charge < -0.3 is 9.47 Å². The molecule has 0 N–H and O–H groups in total. The van der Waals surface area contributed by atoms with Crippen molar-refractivity contribution in [1.29, 1.82) is 0 Å². The van der Waals surface area contributed by atoms with Gasteiger partial charge in [-0.15, -0.1) is 0 Å². The first-order chi connectivity index (χ1) is 14.6. The van der Waals surface area contributed by atoms with E-state index in [-0.39, 0.29) is 25.2 Å². The van der Waals surface area contributed by atoms with Crippen molar-refractivity contribution in [1.82, 2.24) is 4.90 Å². The average Bonchev–Trinajstić information content (AvgIpc) is 3.10. The molecular formula is C25H29NO4. The molecule has 0 amide bonds. The first kappa shape index (κ1) is 20.6. The van der Waals surface area contributed by atoms with Crippen LogP contribution in [-0.4, -0.2) is 43.1 Å². The number of hydrogen-bond donors (Lipinski definition) is 0. The van der Waals surface area contributed by atoms with E-state index >= 15 is 0 Å². The van der Waals surface area contributed by atoms with Gasteiger partial charge in [-0.25, -0.2) is 0 Å². The third-order valence-electron chi connectivity index (χ3n) is 6.46. The second-order valence-corrected chi connectivity index (χ2v) is 8.04. The van der Waals surface area contributed by atoms with E-state index in [0.29, 0.717) is 13.0 Å². The van der Waals surface area contributed by atoms with Gasteiger partial charge in [0.2, 0.25) is 0 Å². The van der Waals surface area contributed by atoms with Crippen LogP contribution in [0.2, 0.25) is 0 Å². The van der Waals surface area contributed by atoms with E-state index in [9.17, 15) is 9.59 Å². The molecule has 2 heterocycles. The summed E-state index contributed by atoms with van der Waals surface area (Å²) in [6.07, 6.45) is 1.53. The zero-order valence-corrected chi connectivity index (χ0v) is 17.7. The Labute approximate surface area is 178 Å². The summed E-state index contributed by atoms with van der Waals surface area (Å²) in [5.74, 6) is -1.16. The van der Waals surface area contributed by atoms with Crippen LogP contribution in [0, 0.1) is 11.3 Å². The summed E-state index contributed by atoms with van der Waals surface area (Å²) in [5, 5.41) is 0. The van der Waals surface area contributed by atoms with Gasteiger partial charge in [0.1, 0.15) is 0 Å². The van der Waals surface area contributed by atoms with Gasteiger partial charge in [0, 0.05) is 19.0 Å². The molecule has 2 aromatic rings. The molecule has 0 radical (unpaired) electrons. The third kappa shape index (κ3) is 3.31. The molecule has 5 heteroatoms. The second kappa shape index (κ2) is 8.60. The zero-order valence-electron chi connectivity index (χ0n) is 17.7. The maximum absolute atomic E-state index is 13.6. The maximum Gasteiger partial charge on any atom is 0.325 e. The van der Waals surface area contributed by atoms with Crippen molar-refractivity contribution in [2.45, 2.75) is 32.7 Å². The number of nitrogens with zero attached hydrogens (tertiary/aromatic N) is 1. The molecule has 0 unspecified atom stereocenters. The van der Waals surface area contributed by atoms with E-state index < -0.39 is 17.4 Å². The normalized spacial score (nSPS) is 22.1. The molecule has 0 aromatic heterocycles. The molecule has 158 valence electrons. The largest absolute Gasteiger partial charge is 0.465 e. The van der Waals surface area contributed by atoms with Gasteiger partial charge in [-0.1, -0.05) is 54.6 Å². The van der Waals surface area contributed by atoms with Crippen molar-refractivity contribution < 1.29 is 19.1 Å². The SMILES string of the molecule is CCOC(=O)C1(C(=O)OCC)[C@H](Cc2ccccc2)CN2CCc3ccccc3[C@H]21. The molecular weight excluding hydrogens is 378 g/mol. The predicted molar refractivity (Wildman–Crippen MR) is 114 cm³/mol. The van der Waals surface area contributed by atoms with Crippen molar-refractivity contribution in [3.05, 3.63) is 71.3 Å². The summed E-state index contributed by atoms with van der Waals surface area (Å²) < 4.78 is 11.1. The van der Waals surface area contributed by atoms with Gasteiger partial charge in [0.25, 0.3) is 0 Å². The summed E-state index contributed by atoms with van der Waals surface area (Å²) >= 11 is 0. The molecule has 4 rings (SSSR count). The Kier molecular flexibility index (Phi) is 5.91. The van der Waals surface area contributed by atoms with Crippen LogP contribution >= 0.6 is 0 Å². The topological polar surface area (TPSA) is 55.8 Å². The fourth-order valence-corrected chi connectivity index (χ4v) is 5.26. The molecule has 1 saturated heterocycles. The highest BCUT2D eigenvalue weighted by Gasteiger charge is 2.66. The molecule has 0 spiro atoms. The van der Waals surface area contributed by atoms with Crippen LogP contribution in [0.1, 0.15) is 36.6 Å². The van der Waals surface area contributed by atoms with Crippen LogP contribution in [0.15, 0.2) is 54.6 Å². The summed E-state index contributed by atoms with van der Waals surface area (Å²) in [5.41, 5.74) is 1.96. The van der Waals surface area contributed by atoms with E-state index in [1.807, 2.05) is 48.5 Å². The number of carbonyl (C=O) groups is 2. The van der Waals surface area contributed by atoms with Crippen molar-refractivity contribution in [2.75, 3.05) is 26.3 Å². The lowest BCUT2D eigenvalue weighted by atomic mass is 9.67. The van der Waals surface area contributed by atoms with Crippen LogP contribution < -0.4 is 0 Å². The van der Waals surface area contributed by atoms with Crippen LogP contribution in [0.3, 0.4) is 0 Å². The third-order valence-corrected chi connectivity index (χ3v) is 6.46. The summed E-state index contributed by atoms with van der Waals surface area (Å²) in [6, 6.07) is 17.8. The molecule has 5 nitrogen and oxygen atoms in total. The zero-order chi connectivity index (χ0) is 21.1. The number of ether oxygens (including phenoxy) is 2. The Morgan fingerprint density at radius 2 is 1.60 bits per heavy atom. The van der Waals surface area contributed by atoms with E-state index in [0.717, 1.165) is 24.1 Å². The maximum atomic E-state index is 13.6. The molecule has 30 heavy (non-hydrogen) atoms. The van der Waals surface area contributed by atoms with E-state index in [2.05, 4.69) is 11.0 Å². The molecule has 2 aliphatic heterocycles. The van der Waals surface area contributed by atoms with Crippen molar-refractivity contribution in [3.63, 3.8) is 0 Å². The molecule has 0 saturated carbocycles. The second-order valence-electron chi connectivity index (χ2n) is 8.04. The Morgan fingerprint density at radius 1 is 0.967 bits per heavy atom. The molecule has 2 aromatic carbocycles. The standard InChI is InChI=1S/C25H29NO4/c1-3-29-23(27)25(24(28)30-4-2)20(16-18-10-6-5-7-11-18)17-26-15-14-19-12-8-9-13-21(19)22(25)26/h5-13,20,22H,3-4,14-17H2,1-2H3/t20-,22+/m1/s1. The Morgan fingerprint density at radius 3 is 2.27 bits per heavy atom. The van der Waals surface area contributed by atoms with Crippen molar-refractivity contribution in [2.24, 2.45) is 11.3 Å². The monoisotopic (exact) mass is 407 g/mol. The van der Waals surface area contributed by atoms with Crippen molar-refractivity contribution in [3.8, 4) is 0 Å². The number of rotatable bonds is 6. The number of benzene rings is 2. The Hall–Kier alpha value is -2.66. The lowest BCUT2D eigenvalue weighted by molar-refractivity contribution is -0.178. The molecule has 2 atom stereocenters. The number of carbonyl (C=O) groups excluding carboxylic acids is 2. The van der Waals surface area contributed by atoms with Crippen LogP contribution in [0.5, 0.6) is 0 Å². The average molecular weight is 408 g/mol. The number of esters is 2. The minimum absolute atomic E-state index is 0.228. The van der Waals surface area contributed by atoms with Gasteiger partial charge in [-0.2, -0.15) is 0 Å². The first-order valence-corrected chi connectivity index (χ1v) is 10.8. The van der Waals surface area contributed by atoms with Gasteiger partial charge in [0.15, 0.2) is 5.41 Å². The molecule has 0 bridgehead atoms. The molecule has 0 aliphatic carbocycles. The van der Waals surface area contributed by atoms with Gasteiger partial charge in [-0.3, -0.25) is 14.5 Å². The fourth-order valence-electron chi connectivity index (χ4n) is 5.26. The first-order valence-electron chi connectivity index (χ1n) is 10.8. The molecule has 2 aliphatic rings. The lowest BCUT2D eigenvalue weighted by Crippen LogP contribution is -2.51. The summed E-state index contributed by atoms with van der Waals surface area (Å²) in [6.45, 7) is 5.49. The highest BCUT2D eigenvalue weighted by atomic mass is 16.6. The summed E-state index contributed by atoms with van der Waals surface area (Å²) in [4.78, 5) is 29.5. The van der Waals surface area contributed by atoms with Gasteiger partial charge in [-0.05, 0) is 43.4 Å². The lowest BCUT2D eigenvalue weighted by Gasteiger charge is -2.40. The van der Waals surface area contributed by atoms with E-state index in [1.54, 1.807) is 13.8 Å². The predicted octanol–water partition coefficient (Wildman–Crippen LogP) is 3.57. The quantitative estimate of drug-likeness (QED) is 0.541. The minimum Gasteiger partial charge on any atom is -0.465 e. The highest BCUT2D eigenvalue weighted by Crippen LogP contribution is 2.55. The smallest absolute Gasteiger partial charge is 0.325 e. The van der Waals surface area contributed by atoms with E-state index in [4.69, 9.17) is 9.47 Å². The Balaban J connectivity index is 1.87. The van der Waals surface area contributed by atoms with Crippen LogP contribution in [-0.2, 0) is 31.9 Å². The Bertz CT molecular complexity index is 892. The fraction of sp³-hybridized carbons (Fsp3) is 0.440. The van der Waals surface area contributed by atoms with Crippen LogP contribution in [0.4, 0.5) is 0 Å². The van der Waals surface area contributed by atoms with Gasteiger partial charge >= 0.3 is 11.9 Å². The van der Waals surface area contributed by atoms with Crippen LogP contribution in [0.25, 0.3) is 0 Å². The van der Waals surface area contributed by atoms with Crippen molar-refractivity contribution >= 4 is 11.9 Å². The highest BCUT2D eigenvalue weighted by molar-refractivity contribution is 6.02. The summed E-state index contributed by atoms with van der Waals surface area (Å²) in [7, 11) is 0. The van der Waals surface area contributed by atoms with Gasteiger partial charge in [0.05, 0.1) is 19.3 Å². The van der Waals surface area contributed by atoms with E-state index in [1.165, 1.54) is 5.56 Å². The minimum atomic E-state index is -1.38. The number of hydrogen-bond acceptors (Lipinski definition) is 5. The molecule has 1 fully saturated rings. The number of fused-ring (bicyclic) bond motifs is 3.